The first-order valence-corrected chi connectivity index (χ1v) is 10.8. The van der Waals surface area contributed by atoms with Gasteiger partial charge < -0.3 is 20.5 Å². The van der Waals surface area contributed by atoms with Crippen LogP contribution in [0.25, 0.3) is 0 Å². The molecule has 0 bridgehead atoms. The van der Waals surface area contributed by atoms with Crippen molar-refractivity contribution in [1.29, 1.82) is 0 Å². The van der Waals surface area contributed by atoms with E-state index in [1.54, 1.807) is 12.1 Å². The van der Waals surface area contributed by atoms with Gasteiger partial charge in [0.1, 0.15) is 17.2 Å². The molecule has 1 aliphatic heterocycles. The topological polar surface area (TPSA) is 126 Å². The van der Waals surface area contributed by atoms with Gasteiger partial charge in [0.15, 0.2) is 5.69 Å². The van der Waals surface area contributed by atoms with E-state index in [0.29, 0.717) is 24.4 Å². The second-order valence-electron chi connectivity index (χ2n) is 8.87. The van der Waals surface area contributed by atoms with Gasteiger partial charge in [-0.3, -0.25) is 23.9 Å². The molecule has 34 heavy (non-hydrogen) atoms. The Labute approximate surface area is 197 Å². The van der Waals surface area contributed by atoms with E-state index in [9.17, 15) is 23.9 Å². The summed E-state index contributed by atoms with van der Waals surface area (Å²) >= 11 is 0. The maximum absolute atomic E-state index is 13.0. The number of halogens is 1. The largest absolute Gasteiger partial charge is 0.501 e. The molecule has 1 aromatic carbocycles. The number of nitrogens with one attached hydrogen (secondary N) is 2. The van der Waals surface area contributed by atoms with Crippen LogP contribution >= 0.6 is 0 Å². The fourth-order valence-corrected chi connectivity index (χ4v) is 3.17. The number of rotatable bonds is 5. The number of carbonyl (C=O) groups is 2. The Hall–Kier alpha value is -3.31. The van der Waals surface area contributed by atoms with Crippen LogP contribution in [0.1, 0.15) is 48.7 Å². The van der Waals surface area contributed by atoms with Crippen LogP contribution in [0, 0.1) is 5.82 Å². The minimum absolute atomic E-state index is 0.121. The zero-order valence-corrected chi connectivity index (χ0v) is 20.1. The van der Waals surface area contributed by atoms with Crippen molar-refractivity contribution in [1.82, 2.24) is 25.1 Å². The maximum atomic E-state index is 13.0. The highest BCUT2D eigenvalue weighted by Gasteiger charge is 2.28. The molecule has 1 fully saturated rings. The molecule has 0 saturated carbocycles. The molecule has 2 aromatic rings. The van der Waals surface area contributed by atoms with Crippen molar-refractivity contribution in [3.63, 3.8) is 0 Å². The number of benzene rings is 1. The molecular formula is C23H32FN5O5. The first kappa shape index (κ1) is 26.9. The standard InChI is InChI=1S/C18H22FN5O3.C5H10O2/c1-23-8-7-20-10-13(23)16-22-14(15(25)18(27)24(16)2)17(26)21-9-11-3-5-12(19)6-4-11;1-5(2,3)7-4-6/h3-6,13,20,25H,7-10H2,1-2H3,(H,21,26);4H,1-3H3. The number of carbonyl (C=O) groups excluding carboxylic acids is 2. The van der Waals surface area contributed by atoms with Crippen molar-refractivity contribution >= 4 is 12.4 Å². The summed E-state index contributed by atoms with van der Waals surface area (Å²) in [6.45, 7) is 8.22. The van der Waals surface area contributed by atoms with Crippen molar-refractivity contribution in [2.24, 2.45) is 7.05 Å². The number of nitrogens with zero attached hydrogens (tertiary/aromatic N) is 3. The quantitative estimate of drug-likeness (QED) is 0.547. The number of aromatic hydroxyl groups is 1. The van der Waals surface area contributed by atoms with Crippen LogP contribution in [0.15, 0.2) is 29.1 Å². The summed E-state index contributed by atoms with van der Waals surface area (Å²) in [5.41, 5.74) is -0.619. The van der Waals surface area contributed by atoms with E-state index >= 15 is 0 Å². The third kappa shape index (κ3) is 7.35. The highest BCUT2D eigenvalue weighted by Crippen LogP contribution is 2.20. The maximum Gasteiger partial charge on any atom is 0.296 e. The number of likely N-dealkylation sites (N-methyl/N-ethyl adjacent to an activating group) is 1. The fourth-order valence-electron chi connectivity index (χ4n) is 3.17. The van der Waals surface area contributed by atoms with Gasteiger partial charge in [0.25, 0.3) is 17.9 Å². The van der Waals surface area contributed by atoms with Crippen LogP contribution in [0.4, 0.5) is 4.39 Å². The lowest BCUT2D eigenvalue weighted by Gasteiger charge is -2.33. The summed E-state index contributed by atoms with van der Waals surface area (Å²) in [6, 6.07) is 5.47. The molecule has 11 heteroatoms. The van der Waals surface area contributed by atoms with E-state index in [-0.39, 0.29) is 29.7 Å². The van der Waals surface area contributed by atoms with Crippen LogP contribution in [0.5, 0.6) is 5.75 Å². The van der Waals surface area contributed by atoms with E-state index in [2.05, 4.69) is 20.4 Å². The third-order valence-corrected chi connectivity index (χ3v) is 5.09. The Morgan fingerprint density at radius 3 is 2.50 bits per heavy atom. The van der Waals surface area contributed by atoms with Gasteiger partial charge in [-0.2, -0.15) is 0 Å². The number of hydrogen-bond donors (Lipinski definition) is 3. The smallest absolute Gasteiger partial charge is 0.296 e. The molecule has 0 spiro atoms. The average Bonchev–Trinajstić information content (AvgIpc) is 2.77. The lowest BCUT2D eigenvalue weighted by Crippen LogP contribution is -2.46. The number of ether oxygens (including phenoxy) is 1. The summed E-state index contributed by atoms with van der Waals surface area (Å²) in [6.07, 6.45) is 0. The second-order valence-corrected chi connectivity index (χ2v) is 8.87. The summed E-state index contributed by atoms with van der Waals surface area (Å²) in [4.78, 5) is 40.8. The predicted octanol–water partition coefficient (Wildman–Crippen LogP) is 1.09. The SMILES string of the molecule is CC(C)(C)OC=O.CN1CCNCC1c1nc(C(=O)NCc2ccc(F)cc2)c(O)c(=O)n1C. The van der Waals surface area contributed by atoms with E-state index in [0.717, 1.165) is 13.1 Å². The van der Waals surface area contributed by atoms with E-state index < -0.39 is 17.2 Å². The molecular weight excluding hydrogens is 445 g/mol. The van der Waals surface area contributed by atoms with Gasteiger partial charge in [-0.1, -0.05) is 12.1 Å². The average molecular weight is 478 g/mol. The minimum Gasteiger partial charge on any atom is -0.501 e. The first-order valence-electron chi connectivity index (χ1n) is 10.8. The van der Waals surface area contributed by atoms with E-state index in [1.807, 2.05) is 32.7 Å². The van der Waals surface area contributed by atoms with E-state index in [4.69, 9.17) is 0 Å². The molecule has 1 amide bonds. The molecule has 3 N–H and O–H groups in total. The Morgan fingerprint density at radius 1 is 1.32 bits per heavy atom. The zero-order chi connectivity index (χ0) is 25.5. The van der Waals surface area contributed by atoms with Crippen LogP contribution in [0.2, 0.25) is 0 Å². The summed E-state index contributed by atoms with van der Waals surface area (Å²) in [5, 5.41) is 16.0. The Balaban J connectivity index is 0.000000509. The van der Waals surface area contributed by atoms with Crippen molar-refractivity contribution in [3.8, 4) is 5.75 Å². The van der Waals surface area contributed by atoms with Crippen molar-refractivity contribution in [2.45, 2.75) is 39.0 Å². The molecule has 0 aliphatic carbocycles. The van der Waals surface area contributed by atoms with Crippen LogP contribution < -0.4 is 16.2 Å². The van der Waals surface area contributed by atoms with Gasteiger partial charge in [-0.25, -0.2) is 9.37 Å². The highest BCUT2D eigenvalue weighted by molar-refractivity contribution is 5.94. The molecule has 1 aliphatic rings. The lowest BCUT2D eigenvalue weighted by atomic mass is 10.1. The predicted molar refractivity (Wildman–Crippen MR) is 124 cm³/mol. The van der Waals surface area contributed by atoms with Gasteiger partial charge in [0, 0.05) is 33.2 Å². The Kier molecular flexibility index (Phi) is 9.28. The molecule has 1 unspecified atom stereocenters. The highest BCUT2D eigenvalue weighted by atomic mass is 19.1. The van der Waals surface area contributed by atoms with E-state index in [1.165, 1.54) is 23.7 Å². The lowest BCUT2D eigenvalue weighted by molar-refractivity contribution is -0.138. The monoisotopic (exact) mass is 477 g/mol. The molecule has 1 saturated heterocycles. The molecule has 3 rings (SSSR count). The van der Waals surface area contributed by atoms with Gasteiger partial charge in [0.2, 0.25) is 5.75 Å². The number of hydrogen-bond acceptors (Lipinski definition) is 8. The summed E-state index contributed by atoms with van der Waals surface area (Å²) < 4.78 is 18.8. The molecule has 2 heterocycles. The summed E-state index contributed by atoms with van der Waals surface area (Å²) in [7, 11) is 3.44. The molecule has 0 radical (unpaired) electrons. The van der Waals surface area contributed by atoms with Crippen molar-refractivity contribution in [3.05, 3.63) is 57.5 Å². The number of piperazine rings is 1. The summed E-state index contributed by atoms with van der Waals surface area (Å²) in [5.74, 6) is -1.32. The minimum atomic E-state index is -0.690. The first-order chi connectivity index (χ1) is 15.9. The molecule has 1 aromatic heterocycles. The number of aromatic nitrogens is 2. The van der Waals surface area contributed by atoms with Crippen molar-refractivity contribution < 1.29 is 23.8 Å². The Morgan fingerprint density at radius 2 is 1.97 bits per heavy atom. The van der Waals surface area contributed by atoms with Crippen LogP contribution in [-0.4, -0.2) is 64.2 Å². The van der Waals surface area contributed by atoms with Crippen LogP contribution in [-0.2, 0) is 23.1 Å². The Bertz CT molecular complexity index is 1050. The van der Waals surface area contributed by atoms with Gasteiger partial charge in [-0.05, 0) is 45.5 Å². The van der Waals surface area contributed by atoms with Gasteiger partial charge in [-0.15, -0.1) is 0 Å². The van der Waals surface area contributed by atoms with Crippen LogP contribution in [0.3, 0.4) is 0 Å². The fraction of sp³-hybridized carbons (Fsp3) is 0.478. The molecule has 186 valence electrons. The second kappa shape index (κ2) is 11.7. The van der Waals surface area contributed by atoms with Gasteiger partial charge >= 0.3 is 0 Å². The molecule has 10 nitrogen and oxygen atoms in total. The molecule has 1 atom stereocenters. The normalized spacial score (nSPS) is 16.2. The zero-order valence-electron chi connectivity index (χ0n) is 20.1. The van der Waals surface area contributed by atoms with Crippen molar-refractivity contribution in [2.75, 3.05) is 26.7 Å². The third-order valence-electron chi connectivity index (χ3n) is 5.09. The number of amides is 1. The van der Waals surface area contributed by atoms with Gasteiger partial charge in [0.05, 0.1) is 6.04 Å².